The number of aromatic nitrogens is 2. The summed E-state index contributed by atoms with van der Waals surface area (Å²) in [5, 5.41) is 13.6. The molecule has 0 unspecified atom stereocenters. The van der Waals surface area contributed by atoms with Crippen LogP contribution in [0, 0.1) is 30.1 Å². The van der Waals surface area contributed by atoms with Gasteiger partial charge in [-0.05, 0) is 60.6 Å². The Morgan fingerprint density at radius 1 is 1.30 bits per heavy atom. The molecule has 3 aromatic rings. The van der Waals surface area contributed by atoms with Crippen LogP contribution in [-0.2, 0) is 4.79 Å². The lowest BCUT2D eigenvalue weighted by atomic mass is 9.94. The first-order chi connectivity index (χ1) is 14.6. The molecule has 30 heavy (non-hydrogen) atoms. The second kappa shape index (κ2) is 7.10. The van der Waals surface area contributed by atoms with Gasteiger partial charge in [-0.25, -0.2) is 9.97 Å². The quantitative estimate of drug-likeness (QED) is 0.657. The van der Waals surface area contributed by atoms with Crippen molar-refractivity contribution in [1.29, 1.82) is 5.26 Å². The van der Waals surface area contributed by atoms with E-state index in [1.165, 1.54) is 5.56 Å². The lowest BCUT2D eigenvalue weighted by Gasteiger charge is -2.16. The fourth-order valence-corrected chi connectivity index (χ4v) is 4.28. The first kappa shape index (κ1) is 18.6. The van der Waals surface area contributed by atoms with Crippen LogP contribution >= 0.6 is 0 Å². The van der Waals surface area contributed by atoms with Crippen molar-refractivity contribution < 1.29 is 4.79 Å². The molecular formula is C24H23N5O. The first-order valence-electron chi connectivity index (χ1n) is 10.4. The van der Waals surface area contributed by atoms with Gasteiger partial charge >= 0.3 is 0 Å². The number of nitrogen functional groups attached to an aromatic ring is 1. The highest BCUT2D eigenvalue weighted by Gasteiger charge is 2.42. The lowest BCUT2D eigenvalue weighted by molar-refractivity contribution is -0.117. The molecule has 2 fully saturated rings. The number of anilines is 2. The highest BCUT2D eigenvalue weighted by Crippen LogP contribution is 2.48. The summed E-state index contributed by atoms with van der Waals surface area (Å²) < 4.78 is 0. The standard InChI is InChI=1S/C24H23N5O/c1-13-4-2-3-5-16(13)22-21(14-6-7-14)18-11-20(27-12-19(18)23(26)29-22)28-24(30)17-10-15(17)8-9-25/h2-5,11-12,14-15,17H,6-8,10H2,1H3,(H2,26,29)(H,27,28,30)/t15-,17-/m0/s1. The van der Waals surface area contributed by atoms with Gasteiger partial charge in [-0.3, -0.25) is 4.79 Å². The number of fused-ring (bicyclic) bond motifs is 1. The summed E-state index contributed by atoms with van der Waals surface area (Å²) in [5.41, 5.74) is 10.7. The van der Waals surface area contributed by atoms with Crippen LogP contribution in [0.2, 0.25) is 0 Å². The number of benzene rings is 1. The number of rotatable bonds is 5. The van der Waals surface area contributed by atoms with Crippen molar-refractivity contribution in [3.8, 4) is 17.3 Å². The zero-order chi connectivity index (χ0) is 20.8. The third-order valence-electron chi connectivity index (χ3n) is 6.21. The molecule has 0 radical (unpaired) electrons. The zero-order valence-electron chi connectivity index (χ0n) is 16.9. The van der Waals surface area contributed by atoms with Crippen LogP contribution in [0.3, 0.4) is 0 Å². The van der Waals surface area contributed by atoms with Crippen molar-refractivity contribution in [3.05, 3.63) is 47.7 Å². The number of hydrogen-bond acceptors (Lipinski definition) is 5. The Bertz CT molecular complexity index is 1210. The zero-order valence-corrected chi connectivity index (χ0v) is 16.9. The fraction of sp³-hybridized carbons (Fsp3) is 0.333. The molecule has 0 spiro atoms. The minimum Gasteiger partial charge on any atom is -0.383 e. The summed E-state index contributed by atoms with van der Waals surface area (Å²) >= 11 is 0. The lowest BCUT2D eigenvalue weighted by Crippen LogP contribution is -2.15. The van der Waals surface area contributed by atoms with E-state index in [9.17, 15) is 4.79 Å². The molecule has 0 saturated heterocycles. The largest absolute Gasteiger partial charge is 0.383 e. The molecule has 2 aromatic heterocycles. The van der Waals surface area contributed by atoms with Crippen LogP contribution < -0.4 is 11.1 Å². The third-order valence-corrected chi connectivity index (χ3v) is 6.21. The minimum absolute atomic E-state index is 0.0590. The number of nitrogens with zero attached hydrogens (tertiary/aromatic N) is 3. The van der Waals surface area contributed by atoms with E-state index in [0.717, 1.165) is 46.9 Å². The summed E-state index contributed by atoms with van der Waals surface area (Å²) in [5.74, 6) is 1.45. The van der Waals surface area contributed by atoms with E-state index in [0.29, 0.717) is 24.0 Å². The molecule has 150 valence electrons. The number of pyridine rings is 2. The van der Waals surface area contributed by atoms with E-state index >= 15 is 0 Å². The smallest absolute Gasteiger partial charge is 0.228 e. The summed E-state index contributed by atoms with van der Waals surface area (Å²) in [6.45, 7) is 2.08. The van der Waals surface area contributed by atoms with Gasteiger partial charge in [0, 0.05) is 29.5 Å². The number of nitriles is 1. The topological polar surface area (TPSA) is 105 Å². The van der Waals surface area contributed by atoms with E-state index in [1.807, 2.05) is 18.2 Å². The molecule has 2 aliphatic rings. The van der Waals surface area contributed by atoms with E-state index in [2.05, 4.69) is 35.4 Å². The van der Waals surface area contributed by atoms with Crippen molar-refractivity contribution in [2.75, 3.05) is 11.1 Å². The molecule has 1 amide bonds. The predicted molar refractivity (Wildman–Crippen MR) is 117 cm³/mol. The molecule has 6 nitrogen and oxygen atoms in total. The van der Waals surface area contributed by atoms with Crippen LogP contribution in [0.5, 0.6) is 0 Å². The van der Waals surface area contributed by atoms with Crippen molar-refractivity contribution in [3.63, 3.8) is 0 Å². The number of nitrogens with two attached hydrogens (primary N) is 1. The summed E-state index contributed by atoms with van der Waals surface area (Å²) in [7, 11) is 0. The molecule has 0 bridgehead atoms. The summed E-state index contributed by atoms with van der Waals surface area (Å²) in [6.07, 6.45) is 5.16. The van der Waals surface area contributed by atoms with Crippen molar-refractivity contribution in [2.45, 2.75) is 38.5 Å². The molecule has 6 heteroatoms. The monoisotopic (exact) mass is 397 g/mol. The van der Waals surface area contributed by atoms with Gasteiger partial charge in [-0.1, -0.05) is 24.3 Å². The molecule has 2 heterocycles. The van der Waals surface area contributed by atoms with Crippen molar-refractivity contribution >= 4 is 28.3 Å². The highest BCUT2D eigenvalue weighted by atomic mass is 16.2. The second-order valence-electron chi connectivity index (χ2n) is 8.42. The molecule has 5 rings (SSSR count). The van der Waals surface area contributed by atoms with Crippen LogP contribution in [0.1, 0.15) is 42.7 Å². The van der Waals surface area contributed by atoms with E-state index in [-0.39, 0.29) is 17.7 Å². The van der Waals surface area contributed by atoms with Crippen LogP contribution in [0.15, 0.2) is 36.5 Å². The minimum atomic E-state index is -0.0879. The van der Waals surface area contributed by atoms with Crippen molar-refractivity contribution in [2.24, 2.45) is 11.8 Å². The van der Waals surface area contributed by atoms with Crippen molar-refractivity contribution in [1.82, 2.24) is 9.97 Å². The van der Waals surface area contributed by atoms with Gasteiger partial charge in [0.1, 0.15) is 11.6 Å². The molecular weight excluding hydrogens is 374 g/mol. The molecule has 2 aliphatic carbocycles. The maximum Gasteiger partial charge on any atom is 0.228 e. The van der Waals surface area contributed by atoms with Gasteiger partial charge in [-0.2, -0.15) is 5.26 Å². The number of amides is 1. The molecule has 0 aliphatic heterocycles. The number of carbonyl (C=O) groups is 1. The van der Waals surface area contributed by atoms with Gasteiger partial charge in [0.2, 0.25) is 5.91 Å². The van der Waals surface area contributed by atoms with Crippen LogP contribution in [0.25, 0.3) is 22.0 Å². The molecule has 2 atom stereocenters. The Labute approximate surface area is 175 Å². The normalized spacial score (nSPS) is 20.0. The number of hydrogen-bond donors (Lipinski definition) is 2. The van der Waals surface area contributed by atoms with Gasteiger partial charge in [0.25, 0.3) is 0 Å². The second-order valence-corrected chi connectivity index (χ2v) is 8.42. The first-order valence-corrected chi connectivity index (χ1v) is 10.4. The predicted octanol–water partition coefficient (Wildman–Crippen LogP) is 4.55. The number of carbonyl (C=O) groups excluding carboxylic acids is 1. The Balaban J connectivity index is 1.57. The summed E-state index contributed by atoms with van der Waals surface area (Å²) in [4.78, 5) is 21.7. The van der Waals surface area contributed by atoms with Gasteiger partial charge in [0.05, 0.1) is 11.8 Å². The molecule has 2 saturated carbocycles. The van der Waals surface area contributed by atoms with Gasteiger partial charge in [0.15, 0.2) is 0 Å². The average molecular weight is 397 g/mol. The van der Waals surface area contributed by atoms with E-state index < -0.39 is 0 Å². The Morgan fingerprint density at radius 2 is 2.10 bits per heavy atom. The van der Waals surface area contributed by atoms with Gasteiger partial charge in [-0.15, -0.1) is 0 Å². The number of aryl methyl sites for hydroxylation is 1. The Morgan fingerprint density at radius 3 is 2.83 bits per heavy atom. The summed E-state index contributed by atoms with van der Waals surface area (Å²) in [6, 6.07) is 12.3. The molecule has 3 N–H and O–H groups in total. The van der Waals surface area contributed by atoms with E-state index in [4.69, 9.17) is 16.0 Å². The maximum absolute atomic E-state index is 12.5. The Hall–Kier alpha value is -3.46. The fourth-order valence-electron chi connectivity index (χ4n) is 4.28. The van der Waals surface area contributed by atoms with Crippen LogP contribution in [-0.4, -0.2) is 15.9 Å². The maximum atomic E-state index is 12.5. The third kappa shape index (κ3) is 3.26. The average Bonchev–Trinajstić information content (AvgIpc) is 3.64. The molecule has 1 aromatic carbocycles. The number of nitrogens with one attached hydrogen (secondary N) is 1. The highest BCUT2D eigenvalue weighted by molar-refractivity contribution is 6.01. The van der Waals surface area contributed by atoms with E-state index in [1.54, 1.807) is 6.20 Å². The SMILES string of the molecule is Cc1ccccc1-c1nc(N)c2cnc(NC(=O)[C@H]3C[C@@H]3CC#N)cc2c1C1CC1. The van der Waals surface area contributed by atoms with Crippen LogP contribution in [0.4, 0.5) is 11.6 Å². The Kier molecular flexibility index (Phi) is 4.39. The van der Waals surface area contributed by atoms with Gasteiger partial charge < -0.3 is 11.1 Å².